The van der Waals surface area contributed by atoms with Crippen LogP contribution in [0.2, 0.25) is 0 Å². The van der Waals surface area contributed by atoms with E-state index in [1.54, 1.807) is 11.0 Å². The van der Waals surface area contributed by atoms with Crippen LogP contribution in [0.1, 0.15) is 45.7 Å². The van der Waals surface area contributed by atoms with E-state index in [-0.39, 0.29) is 25.0 Å². The van der Waals surface area contributed by atoms with Crippen molar-refractivity contribution in [1.82, 2.24) is 9.80 Å². The molecule has 1 aromatic rings. The van der Waals surface area contributed by atoms with Gasteiger partial charge >= 0.3 is 5.97 Å². The van der Waals surface area contributed by atoms with Crippen LogP contribution in [-0.2, 0) is 23.9 Å². The third kappa shape index (κ3) is 3.38. The number of hydrogen-bond donors (Lipinski definition) is 1. The number of esters is 1. The largest absolute Gasteiger partial charge is 0.461 e. The molecule has 0 saturated carbocycles. The molecule has 4 aliphatic heterocycles. The molecular formula is C28H34N2O6. The number of fused-ring (bicyclic) bond motifs is 2. The van der Waals surface area contributed by atoms with Gasteiger partial charge in [0.25, 0.3) is 0 Å². The summed E-state index contributed by atoms with van der Waals surface area (Å²) < 4.78 is 12.3. The average Bonchev–Trinajstić information content (AvgIpc) is 3.11. The van der Waals surface area contributed by atoms with Crippen LogP contribution in [0, 0.1) is 11.8 Å². The Morgan fingerprint density at radius 3 is 2.42 bits per heavy atom. The Kier molecular flexibility index (Phi) is 5.87. The second-order valence-electron chi connectivity index (χ2n) is 11.0. The van der Waals surface area contributed by atoms with E-state index in [1.807, 2.05) is 76.3 Å². The Hall–Kier alpha value is -2.97. The molecule has 0 bridgehead atoms. The highest BCUT2D eigenvalue weighted by molar-refractivity contribution is 5.99. The first-order chi connectivity index (χ1) is 17.1. The summed E-state index contributed by atoms with van der Waals surface area (Å²) in [7, 11) is 0. The molecule has 2 fully saturated rings. The minimum atomic E-state index is -1.38. The Labute approximate surface area is 211 Å². The average molecular weight is 495 g/mol. The molecule has 1 spiro atoms. The van der Waals surface area contributed by atoms with Gasteiger partial charge in [0.1, 0.15) is 29.8 Å². The fourth-order valence-electron chi connectivity index (χ4n) is 6.50. The van der Waals surface area contributed by atoms with Crippen LogP contribution in [0.4, 0.5) is 0 Å². The highest BCUT2D eigenvalue weighted by Crippen LogP contribution is 2.59. The maximum Gasteiger partial charge on any atom is 0.313 e. The molecule has 8 nitrogen and oxygen atoms in total. The minimum absolute atomic E-state index is 0.108. The zero-order valence-electron chi connectivity index (χ0n) is 21.2. The van der Waals surface area contributed by atoms with Gasteiger partial charge in [0.2, 0.25) is 11.8 Å². The van der Waals surface area contributed by atoms with Crippen molar-refractivity contribution in [1.29, 1.82) is 0 Å². The Morgan fingerprint density at radius 2 is 1.78 bits per heavy atom. The van der Waals surface area contributed by atoms with Crippen molar-refractivity contribution in [3.63, 3.8) is 0 Å². The van der Waals surface area contributed by atoms with E-state index < -0.39 is 46.6 Å². The monoisotopic (exact) mass is 494 g/mol. The maximum absolute atomic E-state index is 14.4. The first kappa shape index (κ1) is 24.7. The number of benzene rings is 1. The zero-order valence-corrected chi connectivity index (χ0v) is 21.2. The van der Waals surface area contributed by atoms with Gasteiger partial charge in [0, 0.05) is 12.1 Å². The molecule has 36 heavy (non-hydrogen) atoms. The summed E-state index contributed by atoms with van der Waals surface area (Å²) in [6.45, 7) is 7.83. The SMILES string of the molecule is CC[C@@]12C=CCOC(=O)[C@@H]1[C@H]1C(=O)N([C@H](CO)c3ccccc3)C3C(=O)N(C(C)(C)C)CC=C[C@@]31O2. The number of ether oxygens (including phenoxy) is 2. The summed E-state index contributed by atoms with van der Waals surface area (Å²) in [4.78, 5) is 45.3. The Balaban J connectivity index is 1.73. The molecule has 1 N–H and O–H groups in total. The highest BCUT2D eigenvalue weighted by Gasteiger charge is 2.76. The van der Waals surface area contributed by atoms with E-state index in [1.165, 1.54) is 4.90 Å². The molecule has 0 radical (unpaired) electrons. The number of amides is 2. The molecule has 4 aliphatic rings. The lowest BCUT2D eigenvalue weighted by molar-refractivity contribution is -0.162. The molecule has 1 aromatic carbocycles. The molecule has 2 amide bonds. The van der Waals surface area contributed by atoms with Crippen molar-refractivity contribution in [2.75, 3.05) is 19.8 Å². The highest BCUT2D eigenvalue weighted by atomic mass is 16.6. The number of carbonyl (C=O) groups is 3. The number of carbonyl (C=O) groups excluding carboxylic acids is 3. The second-order valence-corrected chi connectivity index (χ2v) is 11.0. The molecule has 0 aliphatic carbocycles. The van der Waals surface area contributed by atoms with Crippen LogP contribution in [0.5, 0.6) is 0 Å². The van der Waals surface area contributed by atoms with Crippen LogP contribution >= 0.6 is 0 Å². The summed E-state index contributed by atoms with van der Waals surface area (Å²) in [5.41, 5.74) is -2.26. The predicted octanol–water partition coefficient (Wildman–Crippen LogP) is 2.39. The van der Waals surface area contributed by atoms with E-state index in [0.717, 1.165) is 0 Å². The summed E-state index contributed by atoms with van der Waals surface area (Å²) in [6, 6.07) is 7.34. The first-order valence-electron chi connectivity index (χ1n) is 12.6. The number of likely N-dealkylation sites (tertiary alicyclic amines) is 1. The van der Waals surface area contributed by atoms with Crippen molar-refractivity contribution in [2.45, 2.75) is 62.9 Å². The van der Waals surface area contributed by atoms with Gasteiger partial charge in [-0.25, -0.2) is 0 Å². The molecule has 4 heterocycles. The molecule has 0 aromatic heterocycles. The third-order valence-electron chi connectivity index (χ3n) is 8.14. The molecule has 2 saturated heterocycles. The van der Waals surface area contributed by atoms with Crippen LogP contribution in [0.25, 0.3) is 0 Å². The number of hydrogen-bond acceptors (Lipinski definition) is 6. The van der Waals surface area contributed by atoms with Gasteiger partial charge in [-0.3, -0.25) is 14.4 Å². The molecule has 5 rings (SSSR count). The normalized spacial score (nSPS) is 34.6. The van der Waals surface area contributed by atoms with Crippen LogP contribution in [0.3, 0.4) is 0 Å². The van der Waals surface area contributed by atoms with E-state index >= 15 is 0 Å². The van der Waals surface area contributed by atoms with Crippen molar-refractivity contribution >= 4 is 17.8 Å². The van der Waals surface area contributed by atoms with Gasteiger partial charge in [0.15, 0.2) is 0 Å². The Bertz CT molecular complexity index is 1120. The van der Waals surface area contributed by atoms with Crippen LogP contribution in [-0.4, -0.2) is 75.2 Å². The molecule has 8 heteroatoms. The van der Waals surface area contributed by atoms with Gasteiger partial charge in [-0.2, -0.15) is 0 Å². The van der Waals surface area contributed by atoms with Crippen molar-refractivity contribution in [3.8, 4) is 0 Å². The van der Waals surface area contributed by atoms with E-state index in [4.69, 9.17) is 9.47 Å². The first-order valence-corrected chi connectivity index (χ1v) is 12.6. The van der Waals surface area contributed by atoms with E-state index in [9.17, 15) is 19.5 Å². The Morgan fingerprint density at radius 1 is 1.06 bits per heavy atom. The van der Waals surface area contributed by atoms with Gasteiger partial charge in [0.05, 0.1) is 18.6 Å². The molecule has 6 atom stereocenters. The zero-order chi connectivity index (χ0) is 25.9. The number of rotatable bonds is 4. The summed E-state index contributed by atoms with van der Waals surface area (Å²) in [5, 5.41) is 10.5. The van der Waals surface area contributed by atoms with Crippen molar-refractivity contribution in [2.24, 2.45) is 11.8 Å². The lowest BCUT2D eigenvalue weighted by atomic mass is 9.73. The lowest BCUT2D eigenvalue weighted by Gasteiger charge is -2.43. The van der Waals surface area contributed by atoms with Crippen LogP contribution < -0.4 is 0 Å². The maximum atomic E-state index is 14.4. The fraction of sp³-hybridized carbons (Fsp3) is 0.536. The number of cyclic esters (lactones) is 1. The third-order valence-corrected chi connectivity index (χ3v) is 8.14. The molecule has 192 valence electrons. The minimum Gasteiger partial charge on any atom is -0.461 e. The standard InChI is InChI=1S/C28H34N2O6/c1-5-27-13-10-16-35-25(34)21(27)20-23(32)30(19(17-31)18-11-7-6-8-12-18)22-24(33)29(26(2,3)4)15-9-14-28(20,22)36-27/h6-14,19-22,31H,5,15-17H2,1-4H3/t19-,20+,21+,22?,27-,28+/m1/s1. The predicted molar refractivity (Wildman–Crippen MR) is 131 cm³/mol. The number of nitrogens with zero attached hydrogens (tertiary/aromatic N) is 2. The van der Waals surface area contributed by atoms with Gasteiger partial charge in [-0.15, -0.1) is 0 Å². The van der Waals surface area contributed by atoms with Gasteiger partial charge in [-0.05, 0) is 38.8 Å². The van der Waals surface area contributed by atoms with Crippen molar-refractivity contribution < 1.29 is 29.0 Å². The summed E-state index contributed by atoms with van der Waals surface area (Å²) in [6.07, 6.45) is 7.70. The van der Waals surface area contributed by atoms with E-state index in [0.29, 0.717) is 18.5 Å². The van der Waals surface area contributed by atoms with Crippen molar-refractivity contribution in [3.05, 3.63) is 60.2 Å². The topological polar surface area (TPSA) is 96.4 Å². The van der Waals surface area contributed by atoms with Gasteiger partial charge in [-0.1, -0.05) is 55.5 Å². The number of aliphatic hydroxyl groups is 1. The fourth-order valence-corrected chi connectivity index (χ4v) is 6.50. The summed E-state index contributed by atoms with van der Waals surface area (Å²) >= 11 is 0. The van der Waals surface area contributed by atoms with Crippen LogP contribution in [0.15, 0.2) is 54.6 Å². The number of aliphatic hydroxyl groups excluding tert-OH is 1. The second kappa shape index (κ2) is 8.56. The smallest absolute Gasteiger partial charge is 0.313 e. The van der Waals surface area contributed by atoms with Gasteiger partial charge < -0.3 is 24.4 Å². The molecule has 1 unspecified atom stereocenters. The quantitative estimate of drug-likeness (QED) is 0.510. The van der Waals surface area contributed by atoms with E-state index in [2.05, 4.69) is 0 Å². The molecular weight excluding hydrogens is 460 g/mol. The summed E-state index contributed by atoms with van der Waals surface area (Å²) in [5.74, 6) is -3.02. The lowest BCUT2D eigenvalue weighted by Crippen LogP contribution is -2.59.